The van der Waals surface area contributed by atoms with Gasteiger partial charge in [-0.15, -0.1) is 0 Å². The highest BCUT2D eigenvalue weighted by atomic mass is 32.1. The first-order valence-corrected chi connectivity index (χ1v) is 10.5. The zero-order valence-corrected chi connectivity index (χ0v) is 17.5. The van der Waals surface area contributed by atoms with Crippen LogP contribution in [-0.4, -0.2) is 27.8 Å². The minimum atomic E-state index is -0.257. The summed E-state index contributed by atoms with van der Waals surface area (Å²) < 4.78 is 7.99. The van der Waals surface area contributed by atoms with E-state index in [2.05, 4.69) is 10.3 Å². The molecule has 0 aliphatic rings. The van der Waals surface area contributed by atoms with E-state index < -0.39 is 0 Å². The Kier molecular flexibility index (Phi) is 4.93. The minimum Gasteiger partial charge on any atom is -0.497 e. The largest absolute Gasteiger partial charge is 0.497 e. The van der Waals surface area contributed by atoms with Crippen molar-refractivity contribution in [1.82, 2.24) is 14.8 Å². The Labute approximate surface area is 182 Å². The van der Waals surface area contributed by atoms with Crippen LogP contribution in [0.1, 0.15) is 10.4 Å². The number of carbonyl (C=O) groups is 1. The highest BCUT2D eigenvalue weighted by molar-refractivity contribution is 7.22. The normalized spacial score (nSPS) is 10.9. The molecule has 0 saturated heterocycles. The maximum atomic E-state index is 13.2. The Morgan fingerprint density at radius 1 is 0.968 bits per heavy atom. The number of nitrogens with one attached hydrogen (secondary N) is 1. The fraction of sp³-hybridized carbons (Fsp3) is 0.0417. The van der Waals surface area contributed by atoms with Crippen molar-refractivity contribution < 1.29 is 9.53 Å². The van der Waals surface area contributed by atoms with Crippen molar-refractivity contribution in [3.05, 3.63) is 90.6 Å². The molecule has 152 valence electrons. The van der Waals surface area contributed by atoms with Gasteiger partial charge in [0.2, 0.25) is 0 Å². The van der Waals surface area contributed by atoms with Gasteiger partial charge in [-0.25, -0.2) is 9.67 Å². The summed E-state index contributed by atoms with van der Waals surface area (Å²) in [5.41, 5.74) is 3.61. The summed E-state index contributed by atoms with van der Waals surface area (Å²) in [5.74, 6) is 0.485. The minimum absolute atomic E-state index is 0.257. The van der Waals surface area contributed by atoms with Crippen LogP contribution in [0.2, 0.25) is 0 Å². The number of nitrogens with zero attached hydrogens (tertiary/aromatic N) is 3. The molecule has 31 heavy (non-hydrogen) atoms. The molecule has 0 unspecified atom stereocenters. The zero-order chi connectivity index (χ0) is 21.2. The Balaban J connectivity index is 1.54. The van der Waals surface area contributed by atoms with Gasteiger partial charge >= 0.3 is 0 Å². The third kappa shape index (κ3) is 3.78. The van der Waals surface area contributed by atoms with Gasteiger partial charge in [0.15, 0.2) is 5.13 Å². The van der Waals surface area contributed by atoms with Crippen molar-refractivity contribution >= 4 is 32.6 Å². The highest BCUT2D eigenvalue weighted by Crippen LogP contribution is 2.29. The summed E-state index contributed by atoms with van der Waals surface area (Å²) in [6.45, 7) is 0. The van der Waals surface area contributed by atoms with Crippen LogP contribution in [0.3, 0.4) is 0 Å². The van der Waals surface area contributed by atoms with Crippen LogP contribution in [0.15, 0.2) is 85.1 Å². The molecule has 1 N–H and O–H groups in total. The average Bonchev–Trinajstić information content (AvgIpc) is 3.44. The molecular formula is C24H18N4O2S. The van der Waals surface area contributed by atoms with Crippen molar-refractivity contribution in [3.8, 4) is 22.7 Å². The molecular weight excluding hydrogens is 408 g/mol. The smallest absolute Gasteiger partial charge is 0.261 e. The first-order chi connectivity index (χ1) is 15.2. The summed E-state index contributed by atoms with van der Waals surface area (Å²) in [6.07, 6.45) is 1.75. The molecule has 3 aromatic carbocycles. The van der Waals surface area contributed by atoms with Gasteiger partial charge in [0.05, 0.1) is 28.6 Å². The molecule has 0 saturated carbocycles. The van der Waals surface area contributed by atoms with Gasteiger partial charge < -0.3 is 4.74 Å². The van der Waals surface area contributed by atoms with Crippen molar-refractivity contribution in [1.29, 1.82) is 0 Å². The molecule has 1 amide bonds. The summed E-state index contributed by atoms with van der Waals surface area (Å²) in [5, 5.41) is 8.20. The molecule has 5 aromatic rings. The number of amides is 1. The van der Waals surface area contributed by atoms with Gasteiger partial charge in [-0.1, -0.05) is 41.7 Å². The monoisotopic (exact) mass is 426 g/mol. The number of hydrogen-bond donors (Lipinski definition) is 1. The van der Waals surface area contributed by atoms with Crippen LogP contribution in [0.5, 0.6) is 5.75 Å². The predicted octanol–water partition coefficient (Wildman–Crippen LogP) is 5.41. The summed E-state index contributed by atoms with van der Waals surface area (Å²) in [4.78, 5) is 17.7. The fourth-order valence-electron chi connectivity index (χ4n) is 3.31. The number of rotatable bonds is 5. The van der Waals surface area contributed by atoms with E-state index >= 15 is 0 Å². The molecule has 0 aliphatic carbocycles. The second-order valence-electron chi connectivity index (χ2n) is 6.84. The number of aromatic nitrogens is 3. The standard InChI is InChI=1S/C24H18N4O2S/c1-30-18-13-11-16(12-14-18)22-19(15-28(27-22)17-7-3-2-4-8-17)23(29)26-24-25-20-9-5-6-10-21(20)31-24/h2-15H,1H3,(H,25,26,29). The number of methoxy groups -OCH3 is 1. The van der Waals surface area contributed by atoms with E-state index in [0.717, 1.165) is 27.2 Å². The van der Waals surface area contributed by atoms with Crippen molar-refractivity contribution in [2.75, 3.05) is 12.4 Å². The number of anilines is 1. The van der Waals surface area contributed by atoms with E-state index in [1.807, 2.05) is 78.9 Å². The van der Waals surface area contributed by atoms with Crippen molar-refractivity contribution in [2.24, 2.45) is 0 Å². The highest BCUT2D eigenvalue weighted by Gasteiger charge is 2.20. The second-order valence-corrected chi connectivity index (χ2v) is 7.87. The quantitative estimate of drug-likeness (QED) is 0.408. The summed E-state index contributed by atoms with van der Waals surface area (Å²) >= 11 is 1.44. The molecule has 0 fully saturated rings. The fourth-order valence-corrected chi connectivity index (χ4v) is 4.17. The van der Waals surface area contributed by atoms with Gasteiger partial charge in [0.1, 0.15) is 11.4 Å². The van der Waals surface area contributed by atoms with Crippen LogP contribution < -0.4 is 10.1 Å². The molecule has 0 spiro atoms. The number of thiazole rings is 1. The Hall–Kier alpha value is -3.97. The van der Waals surface area contributed by atoms with E-state index in [-0.39, 0.29) is 5.91 Å². The van der Waals surface area contributed by atoms with Gasteiger partial charge in [-0.2, -0.15) is 5.10 Å². The summed E-state index contributed by atoms with van der Waals surface area (Å²) in [7, 11) is 1.62. The van der Waals surface area contributed by atoms with Crippen LogP contribution >= 0.6 is 11.3 Å². The van der Waals surface area contributed by atoms with E-state index in [9.17, 15) is 4.79 Å². The number of hydrogen-bond acceptors (Lipinski definition) is 5. The lowest BCUT2D eigenvalue weighted by molar-refractivity contribution is 0.102. The van der Waals surface area contributed by atoms with E-state index in [1.54, 1.807) is 18.0 Å². The molecule has 0 aliphatic heterocycles. The average molecular weight is 427 g/mol. The lowest BCUT2D eigenvalue weighted by Crippen LogP contribution is -2.12. The van der Waals surface area contributed by atoms with Crippen LogP contribution in [-0.2, 0) is 0 Å². The molecule has 5 rings (SSSR count). The third-order valence-electron chi connectivity index (χ3n) is 4.86. The molecule has 0 atom stereocenters. The van der Waals surface area contributed by atoms with Gasteiger partial charge in [0, 0.05) is 11.8 Å². The van der Waals surface area contributed by atoms with Crippen LogP contribution in [0.4, 0.5) is 5.13 Å². The molecule has 0 radical (unpaired) electrons. The molecule has 0 bridgehead atoms. The van der Waals surface area contributed by atoms with Crippen molar-refractivity contribution in [2.45, 2.75) is 0 Å². The molecule has 2 aromatic heterocycles. The van der Waals surface area contributed by atoms with Gasteiger partial charge in [-0.3, -0.25) is 10.1 Å². The molecule has 7 heteroatoms. The topological polar surface area (TPSA) is 69.0 Å². The Morgan fingerprint density at radius 2 is 1.71 bits per heavy atom. The first-order valence-electron chi connectivity index (χ1n) is 9.68. The number of carbonyl (C=O) groups excluding carboxylic acids is 1. The Bertz CT molecular complexity index is 1320. The van der Waals surface area contributed by atoms with Crippen LogP contribution in [0, 0.1) is 0 Å². The predicted molar refractivity (Wildman–Crippen MR) is 123 cm³/mol. The third-order valence-corrected chi connectivity index (χ3v) is 5.81. The van der Waals surface area contributed by atoms with E-state index in [1.165, 1.54) is 11.3 Å². The van der Waals surface area contributed by atoms with Crippen LogP contribution in [0.25, 0.3) is 27.2 Å². The van der Waals surface area contributed by atoms with Crippen molar-refractivity contribution in [3.63, 3.8) is 0 Å². The molecule has 6 nitrogen and oxygen atoms in total. The SMILES string of the molecule is COc1ccc(-c2nn(-c3ccccc3)cc2C(=O)Nc2nc3ccccc3s2)cc1. The van der Waals surface area contributed by atoms with Gasteiger partial charge in [0.25, 0.3) is 5.91 Å². The maximum Gasteiger partial charge on any atom is 0.261 e. The number of para-hydroxylation sites is 2. The number of fused-ring (bicyclic) bond motifs is 1. The number of benzene rings is 3. The van der Waals surface area contributed by atoms with Gasteiger partial charge in [-0.05, 0) is 48.5 Å². The summed E-state index contributed by atoms with van der Waals surface area (Å²) in [6, 6.07) is 25.0. The lowest BCUT2D eigenvalue weighted by Gasteiger charge is -2.04. The van der Waals surface area contributed by atoms with E-state index in [0.29, 0.717) is 16.4 Å². The zero-order valence-electron chi connectivity index (χ0n) is 16.6. The lowest BCUT2D eigenvalue weighted by atomic mass is 10.1. The number of ether oxygens (including phenoxy) is 1. The second kappa shape index (κ2) is 8.04. The Morgan fingerprint density at radius 3 is 2.45 bits per heavy atom. The van der Waals surface area contributed by atoms with E-state index in [4.69, 9.17) is 9.84 Å². The first kappa shape index (κ1) is 19.0. The maximum absolute atomic E-state index is 13.2. The molecule has 2 heterocycles.